The molecule has 0 atom stereocenters. The number of aryl methyl sites for hydroxylation is 1. The average molecular weight is 292 g/mol. The monoisotopic (exact) mass is 292 g/mol. The van der Waals surface area contributed by atoms with Gasteiger partial charge in [0.25, 0.3) is 5.56 Å². The fourth-order valence-electron chi connectivity index (χ4n) is 3.75. The topological polar surface area (TPSA) is 68.9 Å². The highest BCUT2D eigenvalue weighted by molar-refractivity contribution is 5.32. The second-order valence-corrected chi connectivity index (χ2v) is 6.59. The van der Waals surface area contributed by atoms with E-state index in [-0.39, 0.29) is 11.2 Å². The van der Waals surface area contributed by atoms with E-state index in [2.05, 4.69) is 10.4 Å². The molecule has 116 valence electrons. The van der Waals surface area contributed by atoms with Crippen molar-refractivity contribution in [3.8, 4) is 0 Å². The van der Waals surface area contributed by atoms with E-state index >= 15 is 0 Å². The van der Waals surface area contributed by atoms with E-state index in [1.807, 2.05) is 0 Å². The molecule has 0 aliphatic heterocycles. The summed E-state index contributed by atoms with van der Waals surface area (Å²) >= 11 is 0. The van der Waals surface area contributed by atoms with Crippen molar-refractivity contribution in [1.82, 2.24) is 14.3 Å². The largest absolute Gasteiger partial charge is 0.361 e. The molecule has 3 rings (SSSR count). The summed E-state index contributed by atoms with van der Waals surface area (Å²) in [7, 11) is 3.06. The maximum absolute atomic E-state index is 12.0. The quantitative estimate of drug-likeness (QED) is 0.910. The number of rotatable bonds is 3. The van der Waals surface area contributed by atoms with Gasteiger partial charge in [0.1, 0.15) is 0 Å². The SMILES string of the molecule is Cn1nc(NC2CC(C3CCCCC3)C2)c(=O)n(C)c1=O. The third kappa shape index (κ3) is 2.76. The van der Waals surface area contributed by atoms with Gasteiger partial charge in [0, 0.05) is 20.1 Å². The first kappa shape index (κ1) is 14.4. The number of aromatic nitrogens is 3. The van der Waals surface area contributed by atoms with Crippen LogP contribution in [0, 0.1) is 11.8 Å². The minimum Gasteiger partial charge on any atom is -0.361 e. The number of hydrogen-bond donors (Lipinski definition) is 1. The second-order valence-electron chi connectivity index (χ2n) is 6.59. The summed E-state index contributed by atoms with van der Waals surface area (Å²) in [5, 5.41) is 7.27. The first-order valence-corrected chi connectivity index (χ1v) is 7.97. The summed E-state index contributed by atoms with van der Waals surface area (Å²) in [4.78, 5) is 23.6. The van der Waals surface area contributed by atoms with Crippen LogP contribution in [0.15, 0.2) is 9.59 Å². The molecule has 0 spiro atoms. The van der Waals surface area contributed by atoms with Crippen LogP contribution in [0.4, 0.5) is 5.82 Å². The Morgan fingerprint density at radius 1 is 1.05 bits per heavy atom. The van der Waals surface area contributed by atoms with Crippen LogP contribution in [0.2, 0.25) is 0 Å². The minimum atomic E-state index is -0.390. The third-order valence-electron chi connectivity index (χ3n) is 5.15. The summed E-state index contributed by atoms with van der Waals surface area (Å²) in [5.74, 6) is 1.98. The first-order chi connectivity index (χ1) is 10.1. The van der Waals surface area contributed by atoms with Crippen molar-refractivity contribution in [2.45, 2.75) is 51.0 Å². The number of nitrogens with zero attached hydrogens (tertiary/aromatic N) is 3. The summed E-state index contributed by atoms with van der Waals surface area (Å²) in [5.41, 5.74) is -0.724. The lowest BCUT2D eigenvalue weighted by atomic mass is 9.67. The van der Waals surface area contributed by atoms with Crippen molar-refractivity contribution in [1.29, 1.82) is 0 Å². The molecule has 1 N–H and O–H groups in total. The lowest BCUT2D eigenvalue weighted by Gasteiger charge is -2.42. The van der Waals surface area contributed by atoms with E-state index in [0.717, 1.165) is 29.2 Å². The van der Waals surface area contributed by atoms with Gasteiger partial charge in [0.2, 0.25) is 5.82 Å². The summed E-state index contributed by atoms with van der Waals surface area (Å²) in [6, 6.07) is 0.328. The average Bonchev–Trinajstić information content (AvgIpc) is 2.46. The Kier molecular flexibility index (Phi) is 3.87. The number of hydrogen-bond acceptors (Lipinski definition) is 4. The van der Waals surface area contributed by atoms with Crippen molar-refractivity contribution < 1.29 is 0 Å². The summed E-state index contributed by atoms with van der Waals surface area (Å²) in [6.07, 6.45) is 9.14. The van der Waals surface area contributed by atoms with Crippen LogP contribution in [0.5, 0.6) is 0 Å². The Labute approximate surface area is 124 Å². The molecule has 0 radical (unpaired) electrons. The van der Waals surface area contributed by atoms with E-state index < -0.39 is 0 Å². The Hall–Kier alpha value is -1.59. The molecule has 2 fully saturated rings. The highest BCUT2D eigenvalue weighted by Gasteiger charge is 2.35. The van der Waals surface area contributed by atoms with Gasteiger partial charge in [-0.1, -0.05) is 32.1 Å². The fourth-order valence-corrected chi connectivity index (χ4v) is 3.75. The van der Waals surface area contributed by atoms with Crippen LogP contribution in [0.3, 0.4) is 0 Å². The van der Waals surface area contributed by atoms with Crippen molar-refractivity contribution in [2.75, 3.05) is 5.32 Å². The van der Waals surface area contributed by atoms with Gasteiger partial charge in [-0.2, -0.15) is 0 Å². The molecule has 6 heteroatoms. The molecule has 2 aliphatic carbocycles. The van der Waals surface area contributed by atoms with Gasteiger partial charge in [-0.25, -0.2) is 9.48 Å². The van der Waals surface area contributed by atoms with Crippen LogP contribution >= 0.6 is 0 Å². The highest BCUT2D eigenvalue weighted by atomic mass is 16.2. The van der Waals surface area contributed by atoms with E-state index in [1.54, 1.807) is 7.05 Å². The lowest BCUT2D eigenvalue weighted by molar-refractivity contribution is 0.147. The smallest absolute Gasteiger partial charge is 0.346 e. The number of anilines is 1. The minimum absolute atomic E-state index is 0.298. The number of nitrogens with one attached hydrogen (secondary N) is 1. The molecule has 0 unspecified atom stereocenters. The Bertz CT molecular complexity index is 622. The zero-order valence-corrected chi connectivity index (χ0v) is 12.8. The molecule has 1 heterocycles. The molecule has 0 aromatic carbocycles. The van der Waals surface area contributed by atoms with Crippen molar-refractivity contribution >= 4 is 5.82 Å². The third-order valence-corrected chi connectivity index (χ3v) is 5.15. The van der Waals surface area contributed by atoms with Gasteiger partial charge in [0.05, 0.1) is 0 Å². The standard InChI is InChI=1S/C15H24N4O2/c1-18-14(20)13(17-19(2)15(18)21)16-12-8-11(9-12)10-6-4-3-5-7-10/h10-12H,3-9H2,1-2H3,(H,16,17). The lowest BCUT2D eigenvalue weighted by Crippen LogP contribution is -2.45. The molecule has 0 amide bonds. The van der Waals surface area contributed by atoms with Gasteiger partial charge in [-0.3, -0.25) is 9.36 Å². The van der Waals surface area contributed by atoms with E-state index in [4.69, 9.17) is 0 Å². The Balaban J connectivity index is 1.62. The maximum atomic E-state index is 12.0. The molecular weight excluding hydrogens is 268 g/mol. The van der Waals surface area contributed by atoms with Crippen molar-refractivity contribution in [2.24, 2.45) is 25.9 Å². The molecule has 1 aromatic heterocycles. The van der Waals surface area contributed by atoms with E-state index in [0.29, 0.717) is 11.9 Å². The van der Waals surface area contributed by atoms with Gasteiger partial charge < -0.3 is 5.32 Å². The predicted octanol–water partition coefficient (Wildman–Crippen LogP) is 1.25. The van der Waals surface area contributed by atoms with Crippen LogP contribution in [0.25, 0.3) is 0 Å². The van der Waals surface area contributed by atoms with Crippen LogP contribution in [-0.2, 0) is 14.1 Å². The molecule has 2 saturated carbocycles. The van der Waals surface area contributed by atoms with Crippen molar-refractivity contribution in [3.63, 3.8) is 0 Å². The zero-order valence-electron chi connectivity index (χ0n) is 12.8. The molecule has 0 saturated heterocycles. The van der Waals surface area contributed by atoms with Crippen LogP contribution < -0.4 is 16.6 Å². The Morgan fingerprint density at radius 3 is 2.38 bits per heavy atom. The molecule has 6 nitrogen and oxygen atoms in total. The van der Waals surface area contributed by atoms with Crippen LogP contribution in [-0.4, -0.2) is 20.4 Å². The maximum Gasteiger partial charge on any atom is 0.346 e. The van der Waals surface area contributed by atoms with E-state index in [1.165, 1.54) is 43.8 Å². The highest BCUT2D eigenvalue weighted by Crippen LogP contribution is 2.41. The van der Waals surface area contributed by atoms with Gasteiger partial charge >= 0.3 is 5.69 Å². The second kappa shape index (κ2) is 5.66. The predicted molar refractivity (Wildman–Crippen MR) is 81.4 cm³/mol. The zero-order chi connectivity index (χ0) is 15.0. The normalized spacial score (nSPS) is 26.4. The van der Waals surface area contributed by atoms with Gasteiger partial charge in [0.15, 0.2) is 0 Å². The summed E-state index contributed by atoms with van der Waals surface area (Å²) < 4.78 is 2.31. The molecule has 0 bridgehead atoms. The summed E-state index contributed by atoms with van der Waals surface area (Å²) in [6.45, 7) is 0. The first-order valence-electron chi connectivity index (χ1n) is 7.97. The fraction of sp³-hybridized carbons (Fsp3) is 0.800. The van der Waals surface area contributed by atoms with Crippen LogP contribution in [0.1, 0.15) is 44.9 Å². The Morgan fingerprint density at radius 2 is 1.71 bits per heavy atom. The van der Waals surface area contributed by atoms with Crippen molar-refractivity contribution in [3.05, 3.63) is 20.8 Å². The molecule has 2 aliphatic rings. The van der Waals surface area contributed by atoms with E-state index in [9.17, 15) is 9.59 Å². The van der Waals surface area contributed by atoms with Gasteiger partial charge in [-0.05, 0) is 24.7 Å². The molecular formula is C15H24N4O2. The molecule has 21 heavy (non-hydrogen) atoms. The molecule has 1 aromatic rings. The van der Waals surface area contributed by atoms with Gasteiger partial charge in [-0.15, -0.1) is 5.10 Å².